The van der Waals surface area contributed by atoms with Gasteiger partial charge in [0, 0.05) is 6.42 Å². The Labute approximate surface area is 138 Å². The zero-order valence-corrected chi connectivity index (χ0v) is 13.5. The molecule has 113 valence electrons. The fourth-order valence-corrected chi connectivity index (χ4v) is 3.44. The minimum Gasteiger partial charge on any atom is -0.0654 e. The van der Waals surface area contributed by atoms with Crippen molar-refractivity contribution in [2.75, 3.05) is 0 Å². The number of unbranched alkanes of at least 4 members (excludes halogenated alkanes) is 1. The molecule has 0 fully saturated rings. The maximum Gasteiger partial charge on any atom is 0.0211 e. The molecule has 1 radical (unpaired) electrons. The van der Waals surface area contributed by atoms with Gasteiger partial charge in [0.2, 0.25) is 0 Å². The van der Waals surface area contributed by atoms with E-state index in [-0.39, 0.29) is 0 Å². The van der Waals surface area contributed by atoms with Crippen molar-refractivity contribution in [1.29, 1.82) is 0 Å². The summed E-state index contributed by atoms with van der Waals surface area (Å²) >= 11 is 0. The maximum atomic E-state index is 2.40. The lowest BCUT2D eigenvalue weighted by molar-refractivity contribution is 0.796. The van der Waals surface area contributed by atoms with Crippen LogP contribution in [-0.2, 0) is 6.42 Å². The third kappa shape index (κ3) is 2.70. The molecule has 1 aliphatic carbocycles. The molecule has 1 aliphatic rings. The summed E-state index contributed by atoms with van der Waals surface area (Å²) in [6, 6.07) is 22.1. The van der Waals surface area contributed by atoms with Crippen LogP contribution >= 0.6 is 0 Å². The van der Waals surface area contributed by atoms with Crippen molar-refractivity contribution < 1.29 is 0 Å². The Morgan fingerprint density at radius 2 is 1.61 bits per heavy atom. The van der Waals surface area contributed by atoms with Gasteiger partial charge in [-0.2, -0.15) is 0 Å². The molecule has 0 heteroatoms. The molecule has 0 amide bonds. The number of benzene rings is 3. The zero-order valence-electron chi connectivity index (χ0n) is 13.5. The molecule has 0 unspecified atom stereocenters. The van der Waals surface area contributed by atoms with Gasteiger partial charge >= 0.3 is 0 Å². The van der Waals surface area contributed by atoms with E-state index in [9.17, 15) is 0 Å². The summed E-state index contributed by atoms with van der Waals surface area (Å²) < 4.78 is 0. The Kier molecular flexibility index (Phi) is 3.75. The number of fused-ring (bicyclic) bond motifs is 2. The van der Waals surface area contributed by atoms with Crippen LogP contribution in [0.3, 0.4) is 0 Å². The van der Waals surface area contributed by atoms with E-state index in [1.54, 1.807) is 0 Å². The Morgan fingerprint density at radius 3 is 2.43 bits per heavy atom. The van der Waals surface area contributed by atoms with E-state index >= 15 is 0 Å². The molecule has 3 aromatic rings. The van der Waals surface area contributed by atoms with Crippen molar-refractivity contribution in [2.45, 2.75) is 26.2 Å². The Hall–Kier alpha value is -2.34. The molecule has 23 heavy (non-hydrogen) atoms. The van der Waals surface area contributed by atoms with Crippen LogP contribution in [0.5, 0.6) is 0 Å². The quantitative estimate of drug-likeness (QED) is 0.531. The lowest BCUT2D eigenvalue weighted by Gasteiger charge is -2.11. The molecule has 0 N–H and O–H groups in total. The minimum atomic E-state index is 1.16. The van der Waals surface area contributed by atoms with Gasteiger partial charge in [-0.25, -0.2) is 0 Å². The molecule has 0 spiro atoms. The number of hydrogen-bond donors (Lipinski definition) is 0. The monoisotopic (exact) mass is 297 g/mol. The van der Waals surface area contributed by atoms with E-state index in [0.29, 0.717) is 0 Å². The molecular weight excluding hydrogens is 276 g/mol. The molecular formula is C23H21. The summed E-state index contributed by atoms with van der Waals surface area (Å²) in [5, 5.41) is 2.70. The van der Waals surface area contributed by atoms with Crippen LogP contribution in [0.4, 0.5) is 0 Å². The van der Waals surface area contributed by atoms with E-state index in [1.807, 2.05) is 0 Å². The first-order chi connectivity index (χ1) is 11.3. The fraction of sp³-hybridized carbons (Fsp3) is 0.174. The van der Waals surface area contributed by atoms with E-state index in [4.69, 9.17) is 0 Å². The summed E-state index contributed by atoms with van der Waals surface area (Å²) in [7, 11) is 0. The van der Waals surface area contributed by atoms with Crippen molar-refractivity contribution in [3.8, 4) is 0 Å². The average molecular weight is 297 g/mol. The number of allylic oxidation sites excluding steroid dienone is 1. The van der Waals surface area contributed by atoms with Gasteiger partial charge in [-0.15, -0.1) is 0 Å². The van der Waals surface area contributed by atoms with Crippen molar-refractivity contribution >= 4 is 22.4 Å². The van der Waals surface area contributed by atoms with Gasteiger partial charge in [-0.3, -0.25) is 0 Å². The first-order valence-corrected chi connectivity index (χ1v) is 8.52. The van der Waals surface area contributed by atoms with Crippen LogP contribution in [0.25, 0.3) is 22.4 Å². The topological polar surface area (TPSA) is 0 Å². The van der Waals surface area contributed by atoms with Gasteiger partial charge in [0.15, 0.2) is 0 Å². The highest BCUT2D eigenvalue weighted by molar-refractivity contribution is 6.04. The fourth-order valence-electron chi connectivity index (χ4n) is 3.44. The minimum absolute atomic E-state index is 1.16. The molecule has 0 heterocycles. The van der Waals surface area contributed by atoms with Crippen molar-refractivity contribution in [1.82, 2.24) is 0 Å². The average Bonchev–Trinajstić information content (AvgIpc) is 3.03. The van der Waals surface area contributed by atoms with Crippen LogP contribution in [0.1, 0.15) is 42.0 Å². The third-order valence-electron chi connectivity index (χ3n) is 4.67. The summed E-state index contributed by atoms with van der Waals surface area (Å²) in [6.07, 6.45) is 8.29. The van der Waals surface area contributed by atoms with Crippen LogP contribution in [0, 0.1) is 6.42 Å². The molecule has 0 saturated carbocycles. The van der Waals surface area contributed by atoms with Crippen LogP contribution < -0.4 is 0 Å². The molecule has 0 aromatic heterocycles. The Balaban J connectivity index is 1.83. The van der Waals surface area contributed by atoms with E-state index < -0.39 is 0 Å². The van der Waals surface area contributed by atoms with E-state index in [2.05, 4.69) is 80.1 Å². The molecule has 0 saturated heterocycles. The lowest BCUT2D eigenvalue weighted by Crippen LogP contribution is -1.91. The van der Waals surface area contributed by atoms with Crippen molar-refractivity contribution in [3.05, 3.63) is 89.3 Å². The maximum absolute atomic E-state index is 2.40. The lowest BCUT2D eigenvalue weighted by atomic mass is 9.93. The smallest absolute Gasteiger partial charge is 0.0211 e. The SMILES string of the molecule is CCCCc1cc(C2=Cc3ccccc3[CH]2)c2ccccc2c1. The van der Waals surface area contributed by atoms with Crippen LogP contribution in [0.15, 0.2) is 60.7 Å². The van der Waals surface area contributed by atoms with Gasteiger partial charge in [-0.1, -0.05) is 80.1 Å². The number of aryl methyl sites for hydroxylation is 1. The highest BCUT2D eigenvalue weighted by Gasteiger charge is 2.16. The van der Waals surface area contributed by atoms with Gasteiger partial charge in [0.05, 0.1) is 0 Å². The predicted octanol–water partition coefficient (Wildman–Crippen LogP) is 6.29. The molecule has 0 aliphatic heterocycles. The molecule has 4 rings (SSSR count). The molecule has 0 atom stereocenters. The highest BCUT2D eigenvalue weighted by atomic mass is 14.2. The van der Waals surface area contributed by atoms with E-state index in [0.717, 1.165) is 6.42 Å². The zero-order chi connectivity index (χ0) is 15.6. The van der Waals surface area contributed by atoms with Crippen LogP contribution in [0.2, 0.25) is 0 Å². The van der Waals surface area contributed by atoms with Gasteiger partial charge < -0.3 is 0 Å². The summed E-state index contributed by atoms with van der Waals surface area (Å²) in [4.78, 5) is 0. The molecule has 3 aromatic carbocycles. The third-order valence-corrected chi connectivity index (χ3v) is 4.67. The van der Waals surface area contributed by atoms with E-state index in [1.165, 1.54) is 51.4 Å². The van der Waals surface area contributed by atoms with Gasteiger partial charge in [-0.05, 0) is 51.4 Å². The highest BCUT2D eigenvalue weighted by Crippen LogP contribution is 2.37. The first-order valence-electron chi connectivity index (χ1n) is 8.52. The van der Waals surface area contributed by atoms with Gasteiger partial charge in [0.1, 0.15) is 0 Å². The second-order valence-corrected chi connectivity index (χ2v) is 6.34. The Morgan fingerprint density at radius 1 is 0.826 bits per heavy atom. The largest absolute Gasteiger partial charge is 0.0654 e. The number of hydrogen-bond acceptors (Lipinski definition) is 0. The Bertz CT molecular complexity index is 883. The van der Waals surface area contributed by atoms with Crippen LogP contribution in [-0.4, -0.2) is 0 Å². The normalized spacial score (nSPS) is 13.2. The summed E-state index contributed by atoms with van der Waals surface area (Å²) in [5.74, 6) is 0. The molecule has 0 bridgehead atoms. The number of rotatable bonds is 4. The van der Waals surface area contributed by atoms with Gasteiger partial charge in [0.25, 0.3) is 0 Å². The summed E-state index contributed by atoms with van der Waals surface area (Å²) in [6.45, 7) is 2.26. The molecule has 0 nitrogen and oxygen atoms in total. The second-order valence-electron chi connectivity index (χ2n) is 6.34. The second kappa shape index (κ2) is 6.04. The van der Waals surface area contributed by atoms with Crippen molar-refractivity contribution in [3.63, 3.8) is 0 Å². The van der Waals surface area contributed by atoms with Crippen molar-refractivity contribution in [2.24, 2.45) is 0 Å². The standard InChI is InChI=1S/C23H21/c1-2-3-8-17-13-20-11-6-7-12-22(20)23(14-17)21-15-18-9-4-5-10-19(18)16-21/h4-7,9-16H,2-3,8H2,1H3. The summed E-state index contributed by atoms with van der Waals surface area (Å²) in [5.41, 5.74) is 6.80. The predicted molar refractivity (Wildman–Crippen MR) is 100 cm³/mol. The first kappa shape index (κ1) is 14.3.